The van der Waals surface area contributed by atoms with Gasteiger partial charge in [-0.3, -0.25) is 0 Å². The molecule has 108 valence electrons. The molecule has 0 aliphatic carbocycles. The van der Waals surface area contributed by atoms with E-state index >= 15 is 0 Å². The Kier molecular flexibility index (Phi) is 6.01. The lowest BCUT2D eigenvalue weighted by Gasteiger charge is -2.25. The molecule has 1 aromatic rings. The van der Waals surface area contributed by atoms with E-state index in [1.807, 2.05) is 31.2 Å². The van der Waals surface area contributed by atoms with Gasteiger partial charge in [-0.1, -0.05) is 43.7 Å². The second-order valence-corrected chi connectivity index (χ2v) is 7.65. The van der Waals surface area contributed by atoms with Crippen LogP contribution in [0.2, 0.25) is 0 Å². The normalized spacial score (nSPS) is 15.2. The SMILES string of the molecule is CCCNC(c1ccc(C)cc1)C(C)S(=O)(=O)CC. The zero-order valence-electron chi connectivity index (χ0n) is 12.3. The third kappa shape index (κ3) is 4.32. The first-order valence-electron chi connectivity index (χ1n) is 6.93. The quantitative estimate of drug-likeness (QED) is 0.837. The highest BCUT2D eigenvalue weighted by atomic mass is 32.2. The molecule has 0 heterocycles. The van der Waals surface area contributed by atoms with Crippen molar-refractivity contribution in [2.75, 3.05) is 12.3 Å². The maximum absolute atomic E-state index is 12.1. The van der Waals surface area contributed by atoms with Crippen molar-refractivity contribution in [1.82, 2.24) is 5.32 Å². The van der Waals surface area contributed by atoms with Crippen molar-refractivity contribution in [3.8, 4) is 0 Å². The summed E-state index contributed by atoms with van der Waals surface area (Å²) in [6, 6.07) is 7.96. The molecule has 0 aliphatic heterocycles. The minimum atomic E-state index is -3.05. The van der Waals surface area contributed by atoms with Crippen LogP contribution >= 0.6 is 0 Å². The first-order valence-corrected chi connectivity index (χ1v) is 8.65. The van der Waals surface area contributed by atoms with Crippen molar-refractivity contribution in [1.29, 1.82) is 0 Å². The van der Waals surface area contributed by atoms with E-state index in [-0.39, 0.29) is 11.8 Å². The van der Waals surface area contributed by atoms with Gasteiger partial charge in [-0.2, -0.15) is 0 Å². The summed E-state index contributed by atoms with van der Waals surface area (Å²) in [5, 5.41) is 2.96. The third-order valence-electron chi connectivity index (χ3n) is 3.49. The smallest absolute Gasteiger partial charge is 0.154 e. The van der Waals surface area contributed by atoms with E-state index < -0.39 is 15.1 Å². The van der Waals surface area contributed by atoms with E-state index in [0.29, 0.717) is 0 Å². The zero-order chi connectivity index (χ0) is 14.5. The van der Waals surface area contributed by atoms with Gasteiger partial charge in [0.25, 0.3) is 0 Å². The van der Waals surface area contributed by atoms with Crippen LogP contribution in [0, 0.1) is 6.92 Å². The summed E-state index contributed by atoms with van der Waals surface area (Å²) < 4.78 is 24.2. The Morgan fingerprint density at radius 3 is 2.21 bits per heavy atom. The Labute approximate surface area is 117 Å². The van der Waals surface area contributed by atoms with Crippen LogP contribution in [-0.4, -0.2) is 26.0 Å². The molecule has 2 atom stereocenters. The monoisotopic (exact) mass is 283 g/mol. The van der Waals surface area contributed by atoms with Crippen LogP contribution in [0.4, 0.5) is 0 Å². The molecule has 0 fully saturated rings. The molecular formula is C15H25NO2S. The molecular weight excluding hydrogens is 258 g/mol. The Balaban J connectivity index is 3.04. The Morgan fingerprint density at radius 2 is 1.74 bits per heavy atom. The largest absolute Gasteiger partial charge is 0.309 e. The number of hydrogen-bond acceptors (Lipinski definition) is 3. The summed E-state index contributed by atoms with van der Waals surface area (Å²) in [6.45, 7) is 8.44. The minimum Gasteiger partial charge on any atom is -0.309 e. The van der Waals surface area contributed by atoms with E-state index in [2.05, 4.69) is 12.2 Å². The van der Waals surface area contributed by atoms with Gasteiger partial charge in [-0.15, -0.1) is 0 Å². The molecule has 1 rings (SSSR count). The highest BCUT2D eigenvalue weighted by molar-refractivity contribution is 7.92. The maximum atomic E-state index is 12.1. The maximum Gasteiger partial charge on any atom is 0.154 e. The van der Waals surface area contributed by atoms with Crippen LogP contribution in [-0.2, 0) is 9.84 Å². The molecule has 1 N–H and O–H groups in total. The summed E-state index contributed by atoms with van der Waals surface area (Å²) in [5.41, 5.74) is 2.23. The van der Waals surface area contributed by atoms with E-state index in [4.69, 9.17) is 0 Å². The number of rotatable bonds is 7. The van der Waals surface area contributed by atoms with Crippen LogP contribution in [0.5, 0.6) is 0 Å². The van der Waals surface area contributed by atoms with Gasteiger partial charge in [-0.05, 0) is 32.4 Å². The van der Waals surface area contributed by atoms with Crippen molar-refractivity contribution < 1.29 is 8.42 Å². The summed E-state index contributed by atoms with van der Waals surface area (Å²) in [6.07, 6.45) is 0.987. The first-order chi connectivity index (χ1) is 8.92. The van der Waals surface area contributed by atoms with Crippen LogP contribution in [0.15, 0.2) is 24.3 Å². The lowest BCUT2D eigenvalue weighted by molar-refractivity contribution is 0.498. The number of aryl methyl sites for hydroxylation is 1. The average Bonchev–Trinajstić information content (AvgIpc) is 2.40. The second-order valence-electron chi connectivity index (χ2n) is 5.00. The van der Waals surface area contributed by atoms with Crippen molar-refractivity contribution in [3.63, 3.8) is 0 Å². The van der Waals surface area contributed by atoms with E-state index in [1.54, 1.807) is 13.8 Å². The van der Waals surface area contributed by atoms with Crippen molar-refractivity contribution in [2.24, 2.45) is 0 Å². The molecule has 0 bridgehead atoms. The van der Waals surface area contributed by atoms with E-state index in [0.717, 1.165) is 18.5 Å². The molecule has 3 nitrogen and oxygen atoms in total. The predicted molar refractivity (Wildman–Crippen MR) is 81.1 cm³/mol. The Morgan fingerprint density at radius 1 is 1.16 bits per heavy atom. The molecule has 0 aromatic heterocycles. The van der Waals surface area contributed by atoms with E-state index in [1.165, 1.54) is 5.56 Å². The fraction of sp³-hybridized carbons (Fsp3) is 0.600. The highest BCUT2D eigenvalue weighted by Gasteiger charge is 2.28. The van der Waals surface area contributed by atoms with Gasteiger partial charge >= 0.3 is 0 Å². The molecule has 0 amide bonds. The Hall–Kier alpha value is -0.870. The van der Waals surface area contributed by atoms with Crippen LogP contribution < -0.4 is 5.32 Å². The van der Waals surface area contributed by atoms with Crippen LogP contribution in [0.3, 0.4) is 0 Å². The number of nitrogens with one attached hydrogen (secondary N) is 1. The molecule has 19 heavy (non-hydrogen) atoms. The molecule has 2 unspecified atom stereocenters. The highest BCUT2D eigenvalue weighted by Crippen LogP contribution is 2.23. The first kappa shape index (κ1) is 16.2. The van der Waals surface area contributed by atoms with Gasteiger partial charge in [0.1, 0.15) is 0 Å². The molecule has 0 saturated heterocycles. The molecule has 0 saturated carbocycles. The number of benzene rings is 1. The van der Waals surface area contributed by atoms with Gasteiger partial charge in [0.2, 0.25) is 0 Å². The summed E-state index contributed by atoms with van der Waals surface area (Å²) in [5.74, 6) is 0.185. The number of sulfone groups is 1. The van der Waals surface area contributed by atoms with Gasteiger partial charge in [0, 0.05) is 11.8 Å². The lowest BCUT2D eigenvalue weighted by Crippen LogP contribution is -2.36. The molecule has 0 radical (unpaired) electrons. The van der Waals surface area contributed by atoms with Crippen molar-refractivity contribution in [2.45, 2.75) is 45.4 Å². The molecule has 1 aromatic carbocycles. The molecule has 0 spiro atoms. The lowest BCUT2D eigenvalue weighted by atomic mass is 10.0. The Bertz CT molecular complexity index is 479. The van der Waals surface area contributed by atoms with Gasteiger partial charge < -0.3 is 5.32 Å². The fourth-order valence-electron chi connectivity index (χ4n) is 2.10. The van der Waals surface area contributed by atoms with Crippen LogP contribution in [0.25, 0.3) is 0 Å². The van der Waals surface area contributed by atoms with Crippen LogP contribution in [0.1, 0.15) is 44.4 Å². The fourth-order valence-corrected chi connectivity index (χ4v) is 3.29. The standard InChI is InChI=1S/C15H25NO2S/c1-5-11-16-15(13(4)19(17,18)6-2)14-9-7-12(3)8-10-14/h7-10,13,15-16H,5-6,11H2,1-4H3. The van der Waals surface area contributed by atoms with Gasteiger partial charge in [0.05, 0.1) is 5.25 Å². The van der Waals surface area contributed by atoms with Crippen molar-refractivity contribution in [3.05, 3.63) is 35.4 Å². The molecule has 4 heteroatoms. The van der Waals surface area contributed by atoms with Gasteiger partial charge in [-0.25, -0.2) is 8.42 Å². The topological polar surface area (TPSA) is 46.2 Å². The van der Waals surface area contributed by atoms with E-state index in [9.17, 15) is 8.42 Å². The zero-order valence-corrected chi connectivity index (χ0v) is 13.1. The van der Waals surface area contributed by atoms with Crippen molar-refractivity contribution >= 4 is 9.84 Å². The minimum absolute atomic E-state index is 0.134. The third-order valence-corrected chi connectivity index (χ3v) is 5.70. The second kappa shape index (κ2) is 7.06. The predicted octanol–water partition coefficient (Wildman–Crippen LogP) is 2.86. The van der Waals surface area contributed by atoms with Gasteiger partial charge in [0.15, 0.2) is 9.84 Å². The number of hydrogen-bond donors (Lipinski definition) is 1. The summed E-state index contributed by atoms with van der Waals surface area (Å²) in [4.78, 5) is 0. The summed E-state index contributed by atoms with van der Waals surface area (Å²) in [7, 11) is -3.05. The average molecular weight is 283 g/mol. The molecule has 0 aliphatic rings. The summed E-state index contributed by atoms with van der Waals surface area (Å²) >= 11 is 0.